The van der Waals surface area contributed by atoms with E-state index in [1.165, 1.54) is 17.8 Å². The van der Waals surface area contributed by atoms with E-state index in [-0.39, 0.29) is 27.7 Å². The number of para-hydroxylation sites is 1. The quantitative estimate of drug-likeness (QED) is 0.166. The minimum atomic E-state index is -3.81. The first-order valence-electron chi connectivity index (χ1n) is 28.4. The number of phenols is 1. The molecule has 0 aliphatic carbocycles. The van der Waals surface area contributed by atoms with E-state index in [1.54, 1.807) is 6.07 Å². The van der Waals surface area contributed by atoms with Gasteiger partial charge >= 0.3 is 0 Å². The van der Waals surface area contributed by atoms with E-state index >= 15 is 0 Å². The number of aromatic hydroxyl groups is 1. The molecule has 0 atom stereocenters. The number of imidazole rings is 1. The van der Waals surface area contributed by atoms with Crippen LogP contribution in [0.3, 0.4) is 0 Å². The molecular weight excluding hydrogens is 779 g/mol. The van der Waals surface area contributed by atoms with E-state index in [9.17, 15) is 5.11 Å². The molecule has 0 aliphatic heterocycles. The van der Waals surface area contributed by atoms with Crippen LogP contribution in [0.25, 0.3) is 72.7 Å². The van der Waals surface area contributed by atoms with Gasteiger partial charge in [0.15, 0.2) is 0 Å². The van der Waals surface area contributed by atoms with Gasteiger partial charge in [-0.15, -0.1) is 0 Å². The highest BCUT2D eigenvalue weighted by atomic mass is 16.3. The van der Waals surface area contributed by atoms with Crippen molar-refractivity contribution in [3.63, 3.8) is 0 Å². The van der Waals surface area contributed by atoms with Crippen LogP contribution in [0.15, 0.2) is 140 Å². The summed E-state index contributed by atoms with van der Waals surface area (Å²) < 4.78 is 113. The summed E-state index contributed by atoms with van der Waals surface area (Å²) in [6.45, 7) is 9.82. The van der Waals surface area contributed by atoms with Crippen molar-refractivity contribution in [3.8, 4) is 67.5 Å². The van der Waals surface area contributed by atoms with Crippen LogP contribution in [0.4, 0.5) is 0 Å². The Balaban J connectivity index is 1.40. The Morgan fingerprint density at radius 3 is 1.92 bits per heavy atom. The number of pyridine rings is 1. The highest BCUT2D eigenvalue weighted by Gasteiger charge is 2.27. The molecule has 326 valence electrons. The molecule has 0 saturated heterocycles. The molecule has 64 heavy (non-hydrogen) atoms. The maximum Gasteiger partial charge on any atom is 0.149 e. The Morgan fingerprint density at radius 2 is 1.25 bits per heavy atom. The summed E-state index contributed by atoms with van der Waals surface area (Å²) in [4.78, 5) is 10.3. The van der Waals surface area contributed by atoms with Crippen molar-refractivity contribution in [1.29, 1.82) is 0 Å². The number of phenolic OH excluding ortho intramolecular Hbond substituents is 1. The molecule has 0 saturated carbocycles. The topological polar surface area (TPSA) is 50.9 Å². The lowest BCUT2D eigenvalue weighted by molar-refractivity contribution is 0.471. The number of fused-ring (bicyclic) bond motifs is 1. The molecule has 4 nitrogen and oxygen atoms in total. The van der Waals surface area contributed by atoms with Crippen LogP contribution in [0.2, 0.25) is 0 Å². The number of hydrogen-bond donors (Lipinski definition) is 1. The van der Waals surface area contributed by atoms with Gasteiger partial charge in [0.2, 0.25) is 0 Å². The average Bonchev–Trinajstić information content (AvgIpc) is 3.79. The van der Waals surface area contributed by atoms with Crippen LogP contribution in [0, 0.1) is 6.92 Å². The number of nitrogens with zero attached hydrogens (tertiary/aromatic N) is 3. The Bertz CT molecular complexity index is 3530. The van der Waals surface area contributed by atoms with E-state index < -0.39 is 61.1 Å². The summed E-state index contributed by atoms with van der Waals surface area (Å²) in [6.07, 6.45) is 2.36. The molecule has 4 heteroatoms. The van der Waals surface area contributed by atoms with Crippen molar-refractivity contribution >= 4 is 11.0 Å². The van der Waals surface area contributed by atoms with Gasteiger partial charge in [-0.05, 0) is 134 Å². The molecule has 2 aromatic heterocycles. The van der Waals surface area contributed by atoms with E-state index in [4.69, 9.17) is 27.8 Å². The Hall–Kier alpha value is -6.26. The molecule has 0 fully saturated rings. The van der Waals surface area contributed by atoms with Gasteiger partial charge in [0.05, 0.1) is 33.5 Å². The van der Waals surface area contributed by atoms with Gasteiger partial charge in [0, 0.05) is 35.2 Å². The second kappa shape index (κ2) is 16.4. The highest BCUT2D eigenvalue weighted by Crippen LogP contribution is 2.44. The fourth-order valence-electron chi connectivity index (χ4n) is 8.10. The average molecular weight is 857 g/mol. The molecule has 0 radical (unpaired) electrons. The van der Waals surface area contributed by atoms with Gasteiger partial charge in [-0.1, -0.05) is 168 Å². The normalized spacial score (nSPS) is 16.1. The number of rotatable bonds is 8. The summed E-state index contributed by atoms with van der Waals surface area (Å²) in [7, 11) is 0. The summed E-state index contributed by atoms with van der Waals surface area (Å²) in [5.41, 5.74) is 5.32. The molecule has 2 heterocycles. The minimum Gasteiger partial charge on any atom is -0.507 e. The van der Waals surface area contributed by atoms with Crippen LogP contribution in [-0.4, -0.2) is 19.6 Å². The molecule has 1 N–H and O–H groups in total. The molecule has 8 rings (SSSR count). The molecule has 0 amide bonds. The van der Waals surface area contributed by atoms with Crippen molar-refractivity contribution < 1.29 is 22.9 Å². The molecule has 6 aromatic carbocycles. The van der Waals surface area contributed by atoms with E-state index in [2.05, 4.69) is 103 Å². The maximum atomic E-state index is 12.1. The van der Waals surface area contributed by atoms with Gasteiger partial charge in [-0.25, -0.2) is 4.98 Å². The zero-order valence-electron chi connectivity index (χ0n) is 51.5. The van der Waals surface area contributed by atoms with Gasteiger partial charge in [0.25, 0.3) is 0 Å². The molecule has 0 bridgehead atoms. The van der Waals surface area contributed by atoms with Crippen molar-refractivity contribution in [2.45, 2.75) is 118 Å². The predicted molar refractivity (Wildman–Crippen MR) is 272 cm³/mol. The van der Waals surface area contributed by atoms with Gasteiger partial charge < -0.3 is 5.11 Å². The number of aromatic nitrogens is 3. The molecule has 8 aromatic rings. The maximum absolute atomic E-state index is 12.1. The number of hydrogen-bond acceptors (Lipinski definition) is 3. The van der Waals surface area contributed by atoms with Crippen molar-refractivity contribution in [1.82, 2.24) is 14.5 Å². The van der Waals surface area contributed by atoms with Crippen molar-refractivity contribution in [3.05, 3.63) is 167 Å². The molecule has 0 spiro atoms. The molecule has 0 unspecified atom stereocenters. The first-order valence-corrected chi connectivity index (χ1v) is 21.9. The monoisotopic (exact) mass is 857 g/mol. The van der Waals surface area contributed by atoms with Gasteiger partial charge in [0.1, 0.15) is 11.6 Å². The summed E-state index contributed by atoms with van der Waals surface area (Å²) in [5.74, 6) is 0.659. The van der Waals surface area contributed by atoms with E-state index in [1.807, 2.05) is 67.6 Å². The zero-order chi connectivity index (χ0) is 56.9. The predicted octanol–water partition coefficient (Wildman–Crippen LogP) is 16.3. The van der Waals surface area contributed by atoms with Crippen LogP contribution < -0.4 is 0 Å². The van der Waals surface area contributed by atoms with Crippen LogP contribution >= 0.6 is 0 Å². The van der Waals surface area contributed by atoms with Gasteiger partial charge in [-0.2, -0.15) is 0 Å². The standard InChI is InChI=1S/C60H65N3O/c1-14-60(12,13)45-27-28-52(49(36-45)40-19-16-15-17-20-40)63-53-22-18-21-48(54(53)62-56(63)50-37-46(58(6,7)8)31-38(2)55(50)64)42-32-43(34-47(33-42)59(9,10)11)51-35-41(29-30-61-51)39-23-25-44(26-24-39)57(3,4)5/h15-37,64H,14H2,1-13H3/i3D3,4D3,5D3,23D,24D,25D,26D. The first-order chi connectivity index (χ1) is 35.6. The number of benzene rings is 6. The largest absolute Gasteiger partial charge is 0.507 e. The zero-order valence-corrected chi connectivity index (χ0v) is 38.5. The lowest BCUT2D eigenvalue weighted by atomic mass is 9.81. The van der Waals surface area contributed by atoms with E-state index in [0.29, 0.717) is 33.7 Å². The minimum absolute atomic E-state index is 0.117. The second-order valence-corrected chi connectivity index (χ2v) is 19.7. The summed E-state index contributed by atoms with van der Waals surface area (Å²) in [6, 6.07) is 32.2. The number of aryl methyl sites for hydroxylation is 1. The first kappa shape index (κ1) is 30.8. The lowest BCUT2D eigenvalue weighted by Gasteiger charge is -2.26. The summed E-state index contributed by atoms with van der Waals surface area (Å²) >= 11 is 0. The Morgan fingerprint density at radius 1 is 0.578 bits per heavy atom. The Labute approximate surface area is 400 Å². The third-order valence-corrected chi connectivity index (χ3v) is 12.5. The van der Waals surface area contributed by atoms with Crippen molar-refractivity contribution in [2.24, 2.45) is 0 Å². The molecular formula is C60H65N3O. The summed E-state index contributed by atoms with van der Waals surface area (Å²) in [5, 5.41) is 12.1. The van der Waals surface area contributed by atoms with Crippen molar-refractivity contribution in [2.75, 3.05) is 0 Å². The van der Waals surface area contributed by atoms with Crippen LogP contribution in [0.5, 0.6) is 5.75 Å². The molecule has 0 aliphatic rings. The highest BCUT2D eigenvalue weighted by molar-refractivity contribution is 5.98. The third-order valence-electron chi connectivity index (χ3n) is 12.5. The van der Waals surface area contributed by atoms with Gasteiger partial charge in [-0.3, -0.25) is 9.55 Å². The van der Waals surface area contributed by atoms with Crippen LogP contribution in [0.1, 0.15) is 135 Å². The van der Waals surface area contributed by atoms with E-state index in [0.717, 1.165) is 51.0 Å². The smallest absolute Gasteiger partial charge is 0.149 e. The Kier molecular flexibility index (Phi) is 7.87. The lowest BCUT2D eigenvalue weighted by Crippen LogP contribution is -2.16. The van der Waals surface area contributed by atoms with Crippen LogP contribution in [-0.2, 0) is 21.7 Å². The second-order valence-electron chi connectivity index (χ2n) is 19.7. The third kappa shape index (κ3) is 8.55. The fourth-order valence-corrected chi connectivity index (χ4v) is 8.10. The SMILES string of the molecule is [2H]c1c([2H])c(C(C([2H])([2H])[2H])(C([2H])([2H])[2H])C([2H])([2H])[2H])c([2H])c([2H])c1-c1ccnc(-c2cc(-c3cccc4c3nc(-c3cc(C(C)(C)C)cc(C)c3O)n4-c3ccc(C(C)(C)CC)cc3-c3ccccc3)cc(C(C)(C)C)c2)c1. The fraction of sp³-hybridized carbons (Fsp3) is 0.300.